The van der Waals surface area contributed by atoms with Gasteiger partial charge in [0.1, 0.15) is 0 Å². The zero-order valence-electron chi connectivity index (χ0n) is 18.2. The van der Waals surface area contributed by atoms with Crippen LogP contribution in [0.1, 0.15) is 56.1 Å². The van der Waals surface area contributed by atoms with E-state index in [1.165, 1.54) is 16.7 Å². The second-order valence-corrected chi connectivity index (χ2v) is 8.97. The van der Waals surface area contributed by atoms with E-state index < -0.39 is 0 Å². The summed E-state index contributed by atoms with van der Waals surface area (Å²) >= 11 is 0. The predicted molar refractivity (Wildman–Crippen MR) is 121 cm³/mol. The first-order valence-corrected chi connectivity index (χ1v) is 11.5. The highest BCUT2D eigenvalue weighted by atomic mass is 16.3. The van der Waals surface area contributed by atoms with Gasteiger partial charge < -0.3 is 15.5 Å². The predicted octanol–water partition coefficient (Wildman–Crippen LogP) is 4.10. The van der Waals surface area contributed by atoms with Crippen molar-refractivity contribution in [3.63, 3.8) is 0 Å². The van der Waals surface area contributed by atoms with Gasteiger partial charge in [0.15, 0.2) is 0 Å². The zero-order chi connectivity index (χ0) is 21.3. The summed E-state index contributed by atoms with van der Waals surface area (Å²) in [4.78, 5) is 11.6. The van der Waals surface area contributed by atoms with Crippen LogP contribution in [0.5, 0.6) is 0 Å². The fourth-order valence-corrected chi connectivity index (χ4v) is 5.08. The number of fused-ring (bicyclic) bond motifs is 1. The highest BCUT2D eigenvalue weighted by molar-refractivity contribution is 5.75. The van der Waals surface area contributed by atoms with E-state index in [1.54, 1.807) is 0 Å². The molecule has 2 aliphatic rings. The van der Waals surface area contributed by atoms with Crippen LogP contribution in [-0.4, -0.2) is 35.4 Å². The Balaban J connectivity index is 1.39. The lowest BCUT2D eigenvalue weighted by molar-refractivity contribution is -0.121. The third kappa shape index (κ3) is 6.55. The van der Waals surface area contributed by atoms with Crippen molar-refractivity contribution in [2.24, 2.45) is 17.8 Å². The molecule has 4 atom stereocenters. The Hall–Kier alpha value is -1.91. The Kier molecular flexibility index (Phi) is 8.71. The average Bonchev–Trinajstić information content (AvgIpc) is 3.24. The molecule has 0 bridgehead atoms. The van der Waals surface area contributed by atoms with Crippen molar-refractivity contribution in [3.05, 3.63) is 59.2 Å². The standard InChI is InChI=1S/C26H37NO3/c1-19-7-6-10-20(15-19)8-2-4-11-23-24-17-21(16-22(24)18-25(23)29)9-3-5-12-26(30)27-13-14-28/h4,6-7,10-11,15-16,22-25,28-29H,2-3,5,8-9,12-14,17-18H2,1H3,(H,27,30)/t22-,23+,24-,25+/m0/s1. The van der Waals surface area contributed by atoms with Crippen molar-refractivity contribution in [2.45, 2.75) is 64.4 Å². The number of benzene rings is 1. The maximum absolute atomic E-state index is 11.6. The van der Waals surface area contributed by atoms with Crippen molar-refractivity contribution < 1.29 is 15.0 Å². The zero-order valence-corrected chi connectivity index (χ0v) is 18.2. The number of aliphatic hydroxyl groups excluding tert-OH is 2. The third-order valence-electron chi connectivity index (χ3n) is 6.58. The highest BCUT2D eigenvalue weighted by Crippen LogP contribution is 2.48. The van der Waals surface area contributed by atoms with Gasteiger partial charge in [-0.2, -0.15) is 0 Å². The number of carbonyl (C=O) groups excluding carboxylic acids is 1. The molecule has 3 N–H and O–H groups in total. The van der Waals surface area contributed by atoms with Gasteiger partial charge in [0.2, 0.25) is 5.91 Å². The normalized spacial score (nSPS) is 25.5. The number of aliphatic hydroxyl groups is 2. The topological polar surface area (TPSA) is 69.6 Å². The third-order valence-corrected chi connectivity index (χ3v) is 6.58. The number of carbonyl (C=O) groups is 1. The second-order valence-electron chi connectivity index (χ2n) is 8.97. The van der Waals surface area contributed by atoms with E-state index >= 15 is 0 Å². The molecule has 3 rings (SSSR count). The fourth-order valence-electron chi connectivity index (χ4n) is 5.08. The molecular formula is C26H37NO3. The van der Waals surface area contributed by atoms with Crippen LogP contribution in [0.3, 0.4) is 0 Å². The quantitative estimate of drug-likeness (QED) is 0.379. The van der Waals surface area contributed by atoms with Crippen LogP contribution in [-0.2, 0) is 11.2 Å². The second kappa shape index (κ2) is 11.5. The maximum Gasteiger partial charge on any atom is 0.220 e. The number of amides is 1. The fraction of sp³-hybridized carbons (Fsp3) is 0.577. The first kappa shape index (κ1) is 22.8. The summed E-state index contributed by atoms with van der Waals surface area (Å²) in [6.45, 7) is 2.47. The lowest BCUT2D eigenvalue weighted by Gasteiger charge is -2.18. The monoisotopic (exact) mass is 411 g/mol. The summed E-state index contributed by atoms with van der Waals surface area (Å²) < 4.78 is 0. The molecule has 4 nitrogen and oxygen atoms in total. The van der Waals surface area contributed by atoms with Crippen LogP contribution in [0, 0.1) is 24.7 Å². The number of unbranched alkanes of at least 4 members (excludes halogenated alkanes) is 1. The van der Waals surface area contributed by atoms with E-state index in [1.807, 2.05) is 0 Å². The van der Waals surface area contributed by atoms with Crippen molar-refractivity contribution >= 4 is 5.91 Å². The summed E-state index contributed by atoms with van der Waals surface area (Å²) in [5.41, 5.74) is 4.19. The summed E-state index contributed by atoms with van der Waals surface area (Å²) in [7, 11) is 0. The van der Waals surface area contributed by atoms with Gasteiger partial charge in [-0.25, -0.2) is 0 Å². The van der Waals surface area contributed by atoms with E-state index in [9.17, 15) is 9.90 Å². The van der Waals surface area contributed by atoms with Crippen LogP contribution >= 0.6 is 0 Å². The molecule has 0 heterocycles. The number of rotatable bonds is 11. The van der Waals surface area contributed by atoms with Crippen molar-refractivity contribution in [3.8, 4) is 0 Å². The smallest absolute Gasteiger partial charge is 0.220 e. The minimum Gasteiger partial charge on any atom is -0.395 e. The van der Waals surface area contributed by atoms with Gasteiger partial charge in [-0.3, -0.25) is 4.79 Å². The van der Waals surface area contributed by atoms with Gasteiger partial charge in [0.25, 0.3) is 0 Å². The highest BCUT2D eigenvalue weighted by Gasteiger charge is 2.43. The van der Waals surface area contributed by atoms with Gasteiger partial charge in [0, 0.05) is 18.9 Å². The molecule has 0 saturated heterocycles. The number of hydrogen-bond acceptors (Lipinski definition) is 3. The molecule has 0 radical (unpaired) electrons. The maximum atomic E-state index is 11.6. The SMILES string of the molecule is Cc1cccc(CCC=C[C@@H]2[C@H]3CC(CCCCC(=O)NCCO)=C[C@H]3C[C@H]2O)c1. The summed E-state index contributed by atoms with van der Waals surface area (Å²) in [5.74, 6) is 1.35. The molecule has 0 unspecified atom stereocenters. The van der Waals surface area contributed by atoms with Crippen LogP contribution in [0.15, 0.2) is 48.1 Å². The molecular weight excluding hydrogens is 374 g/mol. The Morgan fingerprint density at radius 1 is 1.27 bits per heavy atom. The van der Waals surface area contributed by atoms with Crippen molar-refractivity contribution in [1.29, 1.82) is 0 Å². The van der Waals surface area contributed by atoms with E-state index in [2.05, 4.69) is 54.7 Å². The number of hydrogen-bond donors (Lipinski definition) is 3. The molecule has 30 heavy (non-hydrogen) atoms. The molecule has 4 heteroatoms. The average molecular weight is 412 g/mol. The molecule has 0 aliphatic heterocycles. The van der Waals surface area contributed by atoms with Gasteiger partial charge in [-0.1, -0.05) is 53.6 Å². The largest absolute Gasteiger partial charge is 0.395 e. The van der Waals surface area contributed by atoms with Crippen LogP contribution in [0.25, 0.3) is 0 Å². The summed E-state index contributed by atoms with van der Waals surface area (Å²) in [6.07, 6.45) is 14.2. The Morgan fingerprint density at radius 2 is 2.13 bits per heavy atom. The molecule has 1 amide bonds. The summed E-state index contributed by atoms with van der Waals surface area (Å²) in [6, 6.07) is 8.68. The molecule has 1 saturated carbocycles. The van der Waals surface area contributed by atoms with Crippen molar-refractivity contribution in [2.75, 3.05) is 13.2 Å². The van der Waals surface area contributed by atoms with Gasteiger partial charge in [0.05, 0.1) is 12.7 Å². The molecule has 0 spiro atoms. The minimum atomic E-state index is -0.219. The van der Waals surface area contributed by atoms with Crippen LogP contribution in [0.2, 0.25) is 0 Å². The van der Waals surface area contributed by atoms with Gasteiger partial charge in [-0.05, 0) is 69.3 Å². The molecule has 1 aromatic rings. The number of nitrogens with one attached hydrogen (secondary N) is 1. The molecule has 1 aromatic carbocycles. The molecule has 2 aliphatic carbocycles. The Labute approximate surface area is 181 Å². The van der Waals surface area contributed by atoms with Crippen molar-refractivity contribution in [1.82, 2.24) is 5.32 Å². The van der Waals surface area contributed by atoms with E-state index in [0.717, 1.165) is 44.9 Å². The Bertz CT molecular complexity index is 754. The van der Waals surface area contributed by atoms with Crippen LogP contribution < -0.4 is 5.32 Å². The molecule has 1 fully saturated rings. The Morgan fingerprint density at radius 3 is 2.93 bits per heavy atom. The summed E-state index contributed by atoms with van der Waals surface area (Å²) in [5, 5.41) is 22.0. The number of aryl methyl sites for hydroxylation is 2. The first-order valence-electron chi connectivity index (χ1n) is 11.5. The lowest BCUT2D eigenvalue weighted by Crippen LogP contribution is -2.25. The lowest BCUT2D eigenvalue weighted by atomic mass is 9.88. The van der Waals surface area contributed by atoms with Gasteiger partial charge >= 0.3 is 0 Å². The van der Waals surface area contributed by atoms with Gasteiger partial charge in [-0.15, -0.1) is 0 Å². The van der Waals surface area contributed by atoms with E-state index in [-0.39, 0.29) is 24.5 Å². The molecule has 164 valence electrons. The molecule has 0 aromatic heterocycles. The first-order chi connectivity index (χ1) is 14.6. The van der Waals surface area contributed by atoms with Crippen LogP contribution in [0.4, 0.5) is 0 Å². The van der Waals surface area contributed by atoms with E-state index in [0.29, 0.717) is 24.8 Å². The van der Waals surface area contributed by atoms with E-state index in [4.69, 9.17) is 5.11 Å². The number of allylic oxidation sites excluding steroid dienone is 3. The minimum absolute atomic E-state index is 0.00517.